The van der Waals surface area contributed by atoms with Gasteiger partial charge in [0, 0.05) is 24.2 Å². The number of nitrogens with two attached hydrogens (primary N) is 1. The number of carbonyl (C=O) groups excluding carboxylic acids is 1. The van der Waals surface area contributed by atoms with Crippen molar-refractivity contribution in [2.45, 2.75) is 46.1 Å². The number of aliphatic carboxylic acids is 1. The van der Waals surface area contributed by atoms with Gasteiger partial charge in [0.15, 0.2) is 0 Å². The highest BCUT2D eigenvalue weighted by Gasteiger charge is 2.11. The van der Waals surface area contributed by atoms with Gasteiger partial charge in [-0.05, 0) is 55.5 Å². The Morgan fingerprint density at radius 1 is 0.968 bits per heavy atom. The van der Waals surface area contributed by atoms with Crippen LogP contribution in [0.4, 0.5) is 5.69 Å². The molecule has 6 heteroatoms. The van der Waals surface area contributed by atoms with Crippen molar-refractivity contribution in [3.63, 3.8) is 0 Å². The summed E-state index contributed by atoms with van der Waals surface area (Å²) in [5, 5.41) is 13.5. The van der Waals surface area contributed by atoms with Crippen molar-refractivity contribution in [1.29, 1.82) is 0 Å². The number of benzene rings is 2. The summed E-state index contributed by atoms with van der Waals surface area (Å²) in [6.45, 7) is 8.12. The molecule has 164 valence electrons. The molecule has 0 aliphatic rings. The Bertz CT molecular complexity index is 934. The van der Waals surface area contributed by atoms with Crippen LogP contribution in [-0.2, 0) is 22.6 Å². The summed E-state index contributed by atoms with van der Waals surface area (Å²) in [7, 11) is 0. The maximum absolute atomic E-state index is 12.2. The Morgan fingerprint density at radius 2 is 1.61 bits per heavy atom. The van der Waals surface area contributed by atoms with E-state index in [1.165, 1.54) is 0 Å². The van der Waals surface area contributed by atoms with Crippen molar-refractivity contribution in [2.75, 3.05) is 5.32 Å². The van der Waals surface area contributed by atoms with E-state index >= 15 is 0 Å². The largest absolute Gasteiger partial charge is 0.481 e. The number of hydrogen-bond acceptors (Lipinski definition) is 4. The molecule has 0 bridgehead atoms. The van der Waals surface area contributed by atoms with E-state index in [1.54, 1.807) is 5.01 Å². The third-order valence-corrected chi connectivity index (χ3v) is 5.05. The number of nitrogens with zero attached hydrogens (tertiary/aromatic N) is 1. The molecule has 0 aliphatic heterocycles. The van der Waals surface area contributed by atoms with Crippen LogP contribution in [-0.4, -0.2) is 22.0 Å². The van der Waals surface area contributed by atoms with Crippen molar-refractivity contribution in [1.82, 2.24) is 5.01 Å². The normalized spacial score (nSPS) is 11.5. The van der Waals surface area contributed by atoms with Crippen LogP contribution in [0.1, 0.15) is 44.2 Å². The number of amides is 1. The molecule has 0 aliphatic carbocycles. The van der Waals surface area contributed by atoms with E-state index in [2.05, 4.69) is 11.9 Å². The van der Waals surface area contributed by atoms with Crippen LogP contribution in [0.2, 0.25) is 0 Å². The van der Waals surface area contributed by atoms with E-state index in [1.807, 2.05) is 68.4 Å². The van der Waals surface area contributed by atoms with E-state index in [0.717, 1.165) is 33.7 Å². The fourth-order valence-corrected chi connectivity index (χ4v) is 3.24. The van der Waals surface area contributed by atoms with Gasteiger partial charge >= 0.3 is 5.97 Å². The molecule has 31 heavy (non-hydrogen) atoms. The SMILES string of the molecule is C=C(C)/C(CCC(=O)O)=C(/C)N(N)Cc1ccc(NC(=O)CCc2ccccc2)cc1. The van der Waals surface area contributed by atoms with Gasteiger partial charge in [0.2, 0.25) is 5.91 Å². The first-order valence-electron chi connectivity index (χ1n) is 10.3. The minimum absolute atomic E-state index is 0.0274. The summed E-state index contributed by atoms with van der Waals surface area (Å²) in [6.07, 6.45) is 1.54. The average molecular weight is 422 g/mol. The summed E-state index contributed by atoms with van der Waals surface area (Å²) in [6, 6.07) is 17.5. The molecule has 0 aromatic heterocycles. The quantitative estimate of drug-likeness (QED) is 0.279. The molecule has 0 spiro atoms. The van der Waals surface area contributed by atoms with E-state index in [0.29, 0.717) is 25.8 Å². The van der Waals surface area contributed by atoms with E-state index in [4.69, 9.17) is 10.9 Å². The van der Waals surface area contributed by atoms with Crippen LogP contribution >= 0.6 is 0 Å². The Morgan fingerprint density at radius 3 is 2.19 bits per heavy atom. The molecule has 0 saturated carbocycles. The summed E-state index contributed by atoms with van der Waals surface area (Å²) < 4.78 is 0. The second kappa shape index (κ2) is 11.7. The number of carboxylic acid groups (broad SMARTS) is 1. The summed E-state index contributed by atoms with van der Waals surface area (Å²) in [5.41, 5.74) is 5.31. The number of rotatable bonds is 11. The van der Waals surface area contributed by atoms with Gasteiger partial charge < -0.3 is 15.4 Å². The minimum atomic E-state index is -0.850. The molecule has 0 unspecified atom stereocenters. The number of anilines is 1. The fourth-order valence-electron chi connectivity index (χ4n) is 3.24. The monoisotopic (exact) mass is 421 g/mol. The Balaban J connectivity index is 1.93. The Hall–Kier alpha value is -3.38. The van der Waals surface area contributed by atoms with Crippen LogP contribution < -0.4 is 11.2 Å². The van der Waals surface area contributed by atoms with Gasteiger partial charge in [-0.25, -0.2) is 5.84 Å². The van der Waals surface area contributed by atoms with Crippen LogP contribution in [0.5, 0.6) is 0 Å². The maximum atomic E-state index is 12.2. The van der Waals surface area contributed by atoms with Gasteiger partial charge in [-0.1, -0.05) is 54.6 Å². The van der Waals surface area contributed by atoms with Crippen molar-refractivity contribution < 1.29 is 14.7 Å². The molecule has 0 saturated heterocycles. The van der Waals surface area contributed by atoms with Crippen molar-refractivity contribution in [3.8, 4) is 0 Å². The van der Waals surface area contributed by atoms with Gasteiger partial charge in [0.1, 0.15) is 0 Å². The standard InChI is InChI=1S/C25H31N3O3/c1-18(2)23(14-16-25(30)31)19(3)28(26)17-21-9-12-22(13-10-21)27-24(29)15-11-20-7-5-4-6-8-20/h4-10,12-13H,1,11,14-17,26H2,2-3H3,(H,27,29)(H,30,31)/b23-19-. The summed E-state index contributed by atoms with van der Waals surface area (Å²) in [5.74, 6) is 5.35. The topological polar surface area (TPSA) is 95.7 Å². The van der Waals surface area contributed by atoms with Gasteiger partial charge in [-0.3, -0.25) is 9.59 Å². The first-order chi connectivity index (χ1) is 14.8. The predicted molar refractivity (Wildman–Crippen MR) is 124 cm³/mol. The number of allylic oxidation sites excluding steroid dienone is 3. The highest BCUT2D eigenvalue weighted by molar-refractivity contribution is 5.90. The third-order valence-electron chi connectivity index (χ3n) is 5.05. The van der Waals surface area contributed by atoms with Crippen molar-refractivity contribution in [3.05, 3.63) is 89.1 Å². The molecule has 4 N–H and O–H groups in total. The highest BCUT2D eigenvalue weighted by atomic mass is 16.4. The summed E-state index contributed by atoms with van der Waals surface area (Å²) in [4.78, 5) is 23.1. The van der Waals surface area contributed by atoms with E-state index in [-0.39, 0.29) is 12.3 Å². The van der Waals surface area contributed by atoms with Gasteiger partial charge in [-0.2, -0.15) is 0 Å². The van der Waals surface area contributed by atoms with Crippen LogP contribution in [0.15, 0.2) is 78.0 Å². The third kappa shape index (κ3) is 8.10. The highest BCUT2D eigenvalue weighted by Crippen LogP contribution is 2.21. The zero-order valence-electron chi connectivity index (χ0n) is 18.2. The number of aryl methyl sites for hydroxylation is 1. The lowest BCUT2D eigenvalue weighted by molar-refractivity contribution is -0.137. The molecule has 0 fully saturated rings. The lowest BCUT2D eigenvalue weighted by Gasteiger charge is -2.23. The van der Waals surface area contributed by atoms with Gasteiger partial charge in [-0.15, -0.1) is 0 Å². The molecule has 2 rings (SSSR count). The van der Waals surface area contributed by atoms with E-state index < -0.39 is 5.97 Å². The maximum Gasteiger partial charge on any atom is 0.303 e. The minimum Gasteiger partial charge on any atom is -0.481 e. The zero-order chi connectivity index (χ0) is 22.8. The average Bonchev–Trinajstić information content (AvgIpc) is 2.74. The number of hydrogen-bond donors (Lipinski definition) is 3. The molecule has 6 nitrogen and oxygen atoms in total. The number of carbonyl (C=O) groups is 2. The molecule has 0 heterocycles. The number of nitrogens with one attached hydrogen (secondary N) is 1. The van der Waals surface area contributed by atoms with E-state index in [9.17, 15) is 9.59 Å². The van der Waals surface area contributed by atoms with Crippen molar-refractivity contribution in [2.24, 2.45) is 5.84 Å². The second-order valence-electron chi connectivity index (χ2n) is 7.60. The number of hydrazine groups is 1. The first kappa shape index (κ1) is 23.9. The molecule has 0 radical (unpaired) electrons. The lowest BCUT2D eigenvalue weighted by atomic mass is 10.0. The Kier molecular flexibility index (Phi) is 9.03. The van der Waals surface area contributed by atoms with Crippen LogP contribution in [0, 0.1) is 0 Å². The molecule has 2 aromatic carbocycles. The van der Waals surface area contributed by atoms with Crippen molar-refractivity contribution >= 4 is 17.6 Å². The first-order valence-corrected chi connectivity index (χ1v) is 10.3. The molecule has 2 aromatic rings. The van der Waals surface area contributed by atoms with Gasteiger partial charge in [0.05, 0.1) is 6.54 Å². The molecule has 1 amide bonds. The Labute approximate surface area is 184 Å². The number of carboxylic acids is 1. The molecule has 0 atom stereocenters. The smallest absolute Gasteiger partial charge is 0.303 e. The molecular weight excluding hydrogens is 390 g/mol. The second-order valence-corrected chi connectivity index (χ2v) is 7.60. The van der Waals surface area contributed by atoms with Crippen LogP contribution in [0.3, 0.4) is 0 Å². The zero-order valence-corrected chi connectivity index (χ0v) is 18.2. The summed E-state index contributed by atoms with van der Waals surface area (Å²) >= 11 is 0. The predicted octanol–water partition coefficient (Wildman–Crippen LogP) is 4.65. The lowest BCUT2D eigenvalue weighted by Crippen LogP contribution is -2.29. The van der Waals surface area contributed by atoms with Gasteiger partial charge in [0.25, 0.3) is 0 Å². The fraction of sp³-hybridized carbons (Fsp3) is 0.280. The molecular formula is C25H31N3O3. The van der Waals surface area contributed by atoms with Crippen LogP contribution in [0.25, 0.3) is 0 Å².